The molecule has 1 aromatic heterocycles. The van der Waals surface area contributed by atoms with Gasteiger partial charge in [-0.3, -0.25) is 4.79 Å². The van der Waals surface area contributed by atoms with Gasteiger partial charge in [0.1, 0.15) is 6.26 Å². The highest BCUT2D eigenvalue weighted by Crippen LogP contribution is 2.04. The Kier molecular flexibility index (Phi) is 1.21. The predicted molar refractivity (Wildman–Crippen MR) is 34.0 cm³/mol. The van der Waals surface area contributed by atoms with Crippen LogP contribution in [-0.4, -0.2) is 23.4 Å². The fourth-order valence-corrected chi connectivity index (χ4v) is 0.747. The average molecular weight is 152 g/mol. The third-order valence-corrected chi connectivity index (χ3v) is 1.17. The van der Waals surface area contributed by atoms with Gasteiger partial charge in [0.25, 0.3) is 17.7 Å². The Labute approximate surface area is 61.7 Å². The standard InChI is InChI=1S/C6H4N2O3/c9-4-3-11-6(8-4)5-7-1-2-10-5/h1-2H,3H2. The van der Waals surface area contributed by atoms with Gasteiger partial charge in [-0.05, 0) is 0 Å². The minimum Gasteiger partial charge on any atom is -0.464 e. The third-order valence-electron chi connectivity index (χ3n) is 1.17. The summed E-state index contributed by atoms with van der Waals surface area (Å²) in [7, 11) is 0. The number of hydrogen-bond donors (Lipinski definition) is 0. The average Bonchev–Trinajstić information content (AvgIpc) is 2.55. The van der Waals surface area contributed by atoms with Crippen molar-refractivity contribution in [2.24, 2.45) is 4.99 Å². The zero-order valence-electron chi connectivity index (χ0n) is 5.48. The van der Waals surface area contributed by atoms with E-state index in [1.165, 1.54) is 12.5 Å². The zero-order valence-corrected chi connectivity index (χ0v) is 5.48. The molecule has 0 radical (unpaired) electrons. The maximum absolute atomic E-state index is 10.6. The first kappa shape index (κ1) is 6.09. The molecule has 0 N–H and O–H groups in total. The molecule has 0 fully saturated rings. The van der Waals surface area contributed by atoms with Crippen molar-refractivity contribution in [3.63, 3.8) is 0 Å². The fourth-order valence-electron chi connectivity index (χ4n) is 0.747. The number of aromatic nitrogens is 1. The van der Waals surface area contributed by atoms with Gasteiger partial charge in [0.15, 0.2) is 6.61 Å². The summed E-state index contributed by atoms with van der Waals surface area (Å²) in [4.78, 5) is 17.9. The minimum atomic E-state index is -0.307. The van der Waals surface area contributed by atoms with Crippen LogP contribution in [0.2, 0.25) is 0 Å². The molecule has 11 heavy (non-hydrogen) atoms. The predicted octanol–water partition coefficient (Wildman–Crippen LogP) is -0.0220. The molecule has 0 atom stereocenters. The first-order chi connectivity index (χ1) is 5.36. The van der Waals surface area contributed by atoms with E-state index in [1.54, 1.807) is 0 Å². The van der Waals surface area contributed by atoms with Gasteiger partial charge in [-0.1, -0.05) is 0 Å². The molecule has 0 unspecified atom stereocenters. The summed E-state index contributed by atoms with van der Waals surface area (Å²) in [6.07, 6.45) is 2.86. The summed E-state index contributed by atoms with van der Waals surface area (Å²) in [5, 5.41) is 0. The van der Waals surface area contributed by atoms with Crippen LogP contribution in [0.3, 0.4) is 0 Å². The molecule has 0 aromatic carbocycles. The lowest BCUT2D eigenvalue weighted by Gasteiger charge is -1.90. The quantitative estimate of drug-likeness (QED) is 0.567. The monoisotopic (exact) mass is 152 g/mol. The number of rotatable bonds is 1. The van der Waals surface area contributed by atoms with E-state index in [2.05, 4.69) is 9.98 Å². The van der Waals surface area contributed by atoms with Gasteiger partial charge >= 0.3 is 0 Å². The minimum absolute atomic E-state index is 0.0162. The fraction of sp³-hybridized carbons (Fsp3) is 0.167. The van der Waals surface area contributed by atoms with E-state index in [4.69, 9.17) is 9.15 Å². The van der Waals surface area contributed by atoms with Crippen LogP contribution in [-0.2, 0) is 9.53 Å². The van der Waals surface area contributed by atoms with E-state index >= 15 is 0 Å². The molecule has 5 heteroatoms. The number of ether oxygens (including phenoxy) is 1. The van der Waals surface area contributed by atoms with E-state index in [-0.39, 0.29) is 24.3 Å². The summed E-state index contributed by atoms with van der Waals surface area (Å²) >= 11 is 0. The number of aliphatic imine (C=N–C) groups is 1. The molecule has 56 valence electrons. The van der Waals surface area contributed by atoms with Crippen molar-refractivity contribution in [3.05, 3.63) is 18.4 Å². The maximum Gasteiger partial charge on any atom is 0.287 e. The smallest absolute Gasteiger partial charge is 0.287 e. The van der Waals surface area contributed by atoms with E-state index in [1.807, 2.05) is 0 Å². The van der Waals surface area contributed by atoms with Crippen LogP contribution in [0.1, 0.15) is 5.89 Å². The molecule has 5 nitrogen and oxygen atoms in total. The highest BCUT2D eigenvalue weighted by Gasteiger charge is 2.19. The second-order valence-corrected chi connectivity index (χ2v) is 1.94. The normalized spacial score (nSPS) is 16.4. The zero-order chi connectivity index (χ0) is 7.68. The summed E-state index contributed by atoms with van der Waals surface area (Å²) in [5.74, 6) is 0.106. The largest absolute Gasteiger partial charge is 0.464 e. The van der Waals surface area contributed by atoms with Gasteiger partial charge in [0.05, 0.1) is 6.20 Å². The summed E-state index contributed by atoms with van der Waals surface area (Å²) in [6.45, 7) is -0.0162. The topological polar surface area (TPSA) is 64.7 Å². The Morgan fingerprint density at radius 1 is 1.55 bits per heavy atom. The SMILES string of the molecule is O=C1COC(c2ncco2)=N1. The number of carbonyl (C=O) groups excluding carboxylic acids is 1. The molecule has 0 aliphatic carbocycles. The molecular weight excluding hydrogens is 148 g/mol. The first-order valence-electron chi connectivity index (χ1n) is 3.00. The second kappa shape index (κ2) is 2.19. The molecule has 1 aromatic rings. The molecule has 0 bridgehead atoms. The lowest BCUT2D eigenvalue weighted by atomic mass is 10.6. The van der Waals surface area contributed by atoms with Crippen molar-refractivity contribution >= 4 is 11.8 Å². The van der Waals surface area contributed by atoms with Gasteiger partial charge < -0.3 is 9.15 Å². The molecule has 0 spiro atoms. The number of nitrogens with zero attached hydrogens (tertiary/aromatic N) is 2. The van der Waals surface area contributed by atoms with E-state index in [0.717, 1.165) is 0 Å². The van der Waals surface area contributed by atoms with Crippen molar-refractivity contribution in [3.8, 4) is 0 Å². The Morgan fingerprint density at radius 2 is 2.45 bits per heavy atom. The van der Waals surface area contributed by atoms with E-state index < -0.39 is 0 Å². The molecule has 1 aliphatic rings. The summed E-state index contributed by atoms with van der Waals surface area (Å²) in [5.41, 5.74) is 0. The number of amides is 1. The van der Waals surface area contributed by atoms with Crippen LogP contribution in [0.15, 0.2) is 21.9 Å². The second-order valence-electron chi connectivity index (χ2n) is 1.94. The van der Waals surface area contributed by atoms with Crippen molar-refractivity contribution in [2.45, 2.75) is 0 Å². The van der Waals surface area contributed by atoms with Crippen LogP contribution in [0.25, 0.3) is 0 Å². The third kappa shape index (κ3) is 1.000. The van der Waals surface area contributed by atoms with Crippen LogP contribution in [0, 0.1) is 0 Å². The van der Waals surface area contributed by atoms with Crippen LogP contribution >= 0.6 is 0 Å². The van der Waals surface area contributed by atoms with Crippen LogP contribution in [0.4, 0.5) is 0 Å². The van der Waals surface area contributed by atoms with E-state index in [0.29, 0.717) is 0 Å². The van der Waals surface area contributed by atoms with Gasteiger partial charge in [0, 0.05) is 0 Å². The van der Waals surface area contributed by atoms with Gasteiger partial charge in [-0.25, -0.2) is 4.98 Å². The van der Waals surface area contributed by atoms with Crippen molar-refractivity contribution < 1.29 is 13.9 Å². The first-order valence-corrected chi connectivity index (χ1v) is 3.00. The number of carbonyl (C=O) groups is 1. The Bertz CT molecular complexity index is 302. The Hall–Kier alpha value is -1.65. The molecule has 1 amide bonds. The molecule has 2 rings (SSSR count). The van der Waals surface area contributed by atoms with Gasteiger partial charge in [0.2, 0.25) is 0 Å². The Balaban J connectivity index is 2.31. The van der Waals surface area contributed by atoms with Crippen LogP contribution < -0.4 is 0 Å². The van der Waals surface area contributed by atoms with Crippen molar-refractivity contribution in [1.29, 1.82) is 0 Å². The number of hydrogen-bond acceptors (Lipinski definition) is 4. The van der Waals surface area contributed by atoms with Gasteiger partial charge in [-0.15, -0.1) is 0 Å². The van der Waals surface area contributed by atoms with Crippen LogP contribution in [0.5, 0.6) is 0 Å². The maximum atomic E-state index is 10.6. The molecule has 2 heterocycles. The highest BCUT2D eigenvalue weighted by atomic mass is 16.5. The summed E-state index contributed by atoms with van der Waals surface area (Å²) < 4.78 is 9.70. The lowest BCUT2D eigenvalue weighted by molar-refractivity contribution is -0.118. The Morgan fingerprint density at radius 3 is 3.00 bits per heavy atom. The molecular formula is C6H4N2O3. The lowest BCUT2D eigenvalue weighted by Crippen LogP contribution is -2.00. The van der Waals surface area contributed by atoms with Crippen molar-refractivity contribution in [2.75, 3.05) is 6.61 Å². The molecule has 0 saturated heterocycles. The van der Waals surface area contributed by atoms with Crippen molar-refractivity contribution in [1.82, 2.24) is 4.98 Å². The molecule has 0 saturated carbocycles. The molecule has 1 aliphatic heterocycles. The van der Waals surface area contributed by atoms with E-state index in [9.17, 15) is 4.79 Å². The number of oxazole rings is 1. The highest BCUT2D eigenvalue weighted by molar-refractivity contribution is 6.03. The van der Waals surface area contributed by atoms with Gasteiger partial charge in [-0.2, -0.15) is 4.99 Å². The summed E-state index contributed by atoms with van der Waals surface area (Å²) in [6, 6.07) is 0.